The van der Waals surface area contributed by atoms with Gasteiger partial charge >= 0.3 is 17.1 Å². The molecule has 64 heavy (non-hydrogen) atoms. The molecule has 0 aromatic rings. The van der Waals surface area contributed by atoms with Crippen LogP contribution in [0.4, 0.5) is 0 Å². The van der Waals surface area contributed by atoms with Crippen LogP contribution in [0.25, 0.3) is 0 Å². The van der Waals surface area contributed by atoms with Gasteiger partial charge in [-0.05, 0) is 0 Å². The van der Waals surface area contributed by atoms with Crippen LogP contribution in [0.3, 0.4) is 0 Å². The average Bonchev–Trinajstić information content (AvgIpc) is 3.27. The molecule has 0 radical (unpaired) electrons. The summed E-state index contributed by atoms with van der Waals surface area (Å²) in [6, 6.07) is 0. The van der Waals surface area contributed by atoms with Crippen molar-refractivity contribution in [1.29, 1.82) is 0 Å². The van der Waals surface area contributed by atoms with Crippen molar-refractivity contribution in [2.45, 2.75) is 391 Å². The standard InChI is InChI=1S/6C10H22.3ClH.Mn/c6*1-3-5-7-9-10-8-6-4-2;;;;/h6*3-10H2,1-2H3;3*1H;/q;;;;;;;;;+3/p-3. The van der Waals surface area contributed by atoms with Gasteiger partial charge in [0.15, 0.2) is 0 Å². The minimum absolute atomic E-state index is 0. The monoisotopic (exact) mass is 1010 g/mol. The first kappa shape index (κ1) is 88.4. The predicted molar refractivity (Wildman–Crippen MR) is 290 cm³/mol. The molecule has 0 aromatic heterocycles. The van der Waals surface area contributed by atoms with Crippen LogP contribution in [0.5, 0.6) is 0 Å². The summed E-state index contributed by atoms with van der Waals surface area (Å²) in [5.74, 6) is 0. The Bertz CT molecular complexity index is 389. The molecule has 0 fully saturated rings. The molecule has 0 aliphatic heterocycles. The number of hydrogen-bond acceptors (Lipinski definition) is 0. The fraction of sp³-hybridized carbons (Fsp3) is 1.00. The summed E-state index contributed by atoms with van der Waals surface area (Å²) in [5.41, 5.74) is 0. The quantitative estimate of drug-likeness (QED) is 0.0422. The second kappa shape index (κ2) is 106. The van der Waals surface area contributed by atoms with Crippen molar-refractivity contribution in [3.8, 4) is 0 Å². The van der Waals surface area contributed by atoms with Crippen molar-refractivity contribution < 1.29 is 54.3 Å². The van der Waals surface area contributed by atoms with Crippen LogP contribution in [-0.2, 0) is 17.1 Å². The minimum Gasteiger partial charge on any atom is -1.00 e. The van der Waals surface area contributed by atoms with Crippen LogP contribution in [0.2, 0.25) is 0 Å². The Balaban J connectivity index is -0.0000000675. The molecular formula is C60H132Cl3Mn. The van der Waals surface area contributed by atoms with Crippen LogP contribution in [0.1, 0.15) is 391 Å². The summed E-state index contributed by atoms with van der Waals surface area (Å²) in [6.45, 7) is 27.2. The zero-order chi connectivity index (χ0) is 45.9. The first-order chi connectivity index (χ1) is 29.5. The molecule has 0 atom stereocenters. The van der Waals surface area contributed by atoms with Crippen molar-refractivity contribution in [2.75, 3.05) is 0 Å². The van der Waals surface area contributed by atoms with Crippen LogP contribution in [0.15, 0.2) is 0 Å². The van der Waals surface area contributed by atoms with Crippen molar-refractivity contribution in [3.63, 3.8) is 0 Å². The molecule has 0 aromatic carbocycles. The zero-order valence-electron chi connectivity index (χ0n) is 47.5. The fourth-order valence-corrected chi connectivity index (χ4v) is 7.24. The maximum Gasteiger partial charge on any atom is 3.00 e. The SMILES string of the molecule is CCCCCCCCCC.CCCCCCCCCC.CCCCCCCCCC.CCCCCCCCCC.CCCCCCCCCC.CCCCCCCCCC.[Cl-].[Cl-].[Cl-].[Mn+3]. The molecule has 0 spiro atoms. The van der Waals surface area contributed by atoms with Crippen LogP contribution in [0, 0.1) is 0 Å². The number of rotatable bonds is 42. The van der Waals surface area contributed by atoms with Gasteiger partial charge in [-0.25, -0.2) is 0 Å². The third-order valence-electron chi connectivity index (χ3n) is 11.7. The molecular weight excluding hydrogens is 882 g/mol. The Morgan fingerprint density at radius 3 is 0.203 bits per heavy atom. The molecule has 0 aliphatic carbocycles. The number of unbranched alkanes of at least 4 members (excludes halogenated alkanes) is 42. The Labute approximate surface area is 442 Å². The van der Waals surface area contributed by atoms with E-state index in [0.29, 0.717) is 0 Å². The third-order valence-corrected chi connectivity index (χ3v) is 11.7. The fourth-order valence-electron chi connectivity index (χ4n) is 7.24. The maximum atomic E-state index is 2.27. The van der Waals surface area contributed by atoms with E-state index in [1.807, 2.05) is 0 Å². The van der Waals surface area contributed by atoms with Gasteiger partial charge in [-0.3, -0.25) is 0 Å². The number of hydrogen-bond donors (Lipinski definition) is 0. The minimum atomic E-state index is 0. The molecule has 0 N–H and O–H groups in total. The largest absolute Gasteiger partial charge is 3.00 e. The van der Waals surface area contributed by atoms with Gasteiger partial charge in [0.05, 0.1) is 0 Å². The topological polar surface area (TPSA) is 0 Å². The molecule has 0 saturated heterocycles. The van der Waals surface area contributed by atoms with Crippen molar-refractivity contribution >= 4 is 0 Å². The molecule has 400 valence electrons. The van der Waals surface area contributed by atoms with E-state index in [9.17, 15) is 0 Å². The smallest absolute Gasteiger partial charge is 1.00 e. The Hall–Kier alpha value is 1.39. The molecule has 0 unspecified atom stereocenters. The Morgan fingerprint density at radius 1 is 0.109 bits per heavy atom. The van der Waals surface area contributed by atoms with E-state index in [1.54, 1.807) is 0 Å². The van der Waals surface area contributed by atoms with E-state index < -0.39 is 0 Å². The summed E-state index contributed by atoms with van der Waals surface area (Å²) in [6.07, 6.45) is 68.8. The second-order valence-corrected chi connectivity index (χ2v) is 18.7. The molecule has 4 heteroatoms. The van der Waals surface area contributed by atoms with E-state index in [0.717, 1.165) is 0 Å². The predicted octanol–water partition coefficient (Wildman–Crippen LogP) is 15.9. The van der Waals surface area contributed by atoms with Gasteiger partial charge in [-0.15, -0.1) is 0 Å². The van der Waals surface area contributed by atoms with Gasteiger partial charge in [-0.2, -0.15) is 0 Å². The van der Waals surface area contributed by atoms with Crippen LogP contribution < -0.4 is 37.2 Å². The maximum absolute atomic E-state index is 2.27. The summed E-state index contributed by atoms with van der Waals surface area (Å²) < 4.78 is 0. The van der Waals surface area contributed by atoms with Crippen molar-refractivity contribution in [3.05, 3.63) is 0 Å². The first-order valence-electron chi connectivity index (χ1n) is 29.5. The molecule has 0 amide bonds. The Kier molecular flexibility index (Phi) is 146. The van der Waals surface area contributed by atoms with E-state index in [-0.39, 0.29) is 54.3 Å². The van der Waals surface area contributed by atoms with Gasteiger partial charge in [0.1, 0.15) is 0 Å². The van der Waals surface area contributed by atoms with Crippen molar-refractivity contribution in [2.24, 2.45) is 0 Å². The molecule has 0 bridgehead atoms. The average molecular weight is 1020 g/mol. The first-order valence-corrected chi connectivity index (χ1v) is 29.5. The summed E-state index contributed by atoms with van der Waals surface area (Å²) >= 11 is 0. The summed E-state index contributed by atoms with van der Waals surface area (Å²) in [4.78, 5) is 0. The molecule has 0 rings (SSSR count). The molecule has 0 saturated carbocycles. The van der Waals surface area contributed by atoms with Crippen molar-refractivity contribution in [1.82, 2.24) is 0 Å². The van der Waals surface area contributed by atoms with E-state index >= 15 is 0 Å². The van der Waals surface area contributed by atoms with Gasteiger partial charge in [0, 0.05) is 0 Å². The second-order valence-electron chi connectivity index (χ2n) is 18.7. The molecule has 0 aliphatic rings. The summed E-state index contributed by atoms with van der Waals surface area (Å²) in [7, 11) is 0. The summed E-state index contributed by atoms with van der Waals surface area (Å²) in [5, 5.41) is 0. The van der Waals surface area contributed by atoms with Crippen LogP contribution in [-0.4, -0.2) is 0 Å². The zero-order valence-corrected chi connectivity index (χ0v) is 50.9. The van der Waals surface area contributed by atoms with Gasteiger partial charge in [0.2, 0.25) is 0 Å². The van der Waals surface area contributed by atoms with Gasteiger partial charge in [0.25, 0.3) is 0 Å². The van der Waals surface area contributed by atoms with Gasteiger partial charge in [-0.1, -0.05) is 391 Å². The van der Waals surface area contributed by atoms with E-state index in [2.05, 4.69) is 83.1 Å². The third kappa shape index (κ3) is 131. The Morgan fingerprint density at radius 2 is 0.156 bits per heavy atom. The van der Waals surface area contributed by atoms with E-state index in [4.69, 9.17) is 0 Å². The van der Waals surface area contributed by atoms with E-state index in [1.165, 1.54) is 308 Å². The molecule has 0 nitrogen and oxygen atoms in total. The number of halogens is 3. The normalized spacial score (nSPS) is 9.56. The van der Waals surface area contributed by atoms with Gasteiger partial charge < -0.3 is 37.2 Å². The molecule has 0 heterocycles. The van der Waals surface area contributed by atoms with Crippen LogP contribution >= 0.6 is 0 Å².